The maximum absolute atomic E-state index is 12.8. The largest absolute Gasteiger partial charge is 0.381 e. The highest BCUT2D eigenvalue weighted by atomic mass is 32.2. The van der Waals surface area contributed by atoms with Crippen molar-refractivity contribution in [2.45, 2.75) is 57.3 Å². The molecule has 0 aromatic rings. The van der Waals surface area contributed by atoms with E-state index in [0.717, 1.165) is 19.4 Å². The number of hydrogen-bond acceptors (Lipinski definition) is 7. The third-order valence-corrected chi connectivity index (χ3v) is 6.88. The molecule has 8 unspecified atom stereocenters. The molecule has 3 N–H and O–H groups in total. The van der Waals surface area contributed by atoms with E-state index in [0.29, 0.717) is 22.8 Å². The van der Waals surface area contributed by atoms with Gasteiger partial charge < -0.3 is 20.1 Å². The highest BCUT2D eigenvalue weighted by Gasteiger charge is 2.39. The lowest BCUT2D eigenvalue weighted by Gasteiger charge is -2.40. The monoisotopic (exact) mass is 358 g/mol. The minimum Gasteiger partial charge on any atom is -0.381 e. The number of fused-ring (bicyclic) bond motifs is 1. The third kappa shape index (κ3) is 3.67. The Balaban J connectivity index is 1.59. The van der Waals surface area contributed by atoms with E-state index in [-0.39, 0.29) is 30.6 Å². The van der Waals surface area contributed by atoms with Crippen molar-refractivity contribution in [2.24, 2.45) is 16.8 Å². The van der Waals surface area contributed by atoms with Gasteiger partial charge in [-0.1, -0.05) is 13.8 Å². The number of piperidine rings is 2. The topological polar surface area (TPSA) is 84.0 Å². The molecular weight excluding hydrogens is 328 g/mol. The number of rotatable bonds is 4. The Hall–Kier alpha value is -0.540. The number of nitrogens with zero attached hydrogens (tertiary/aromatic N) is 1. The van der Waals surface area contributed by atoms with Crippen molar-refractivity contribution in [3.63, 3.8) is 0 Å². The second-order valence-corrected chi connectivity index (χ2v) is 8.57. The van der Waals surface area contributed by atoms with E-state index < -0.39 is 10.8 Å². The first-order chi connectivity index (χ1) is 11.5. The zero-order valence-electron chi connectivity index (χ0n) is 15.0. The smallest absolute Gasteiger partial charge is 0.189 e. The van der Waals surface area contributed by atoms with Crippen LogP contribution in [0.25, 0.3) is 0 Å². The maximum atomic E-state index is 12.8. The Morgan fingerprint density at radius 3 is 2.75 bits per heavy atom. The van der Waals surface area contributed by atoms with E-state index >= 15 is 0 Å². The summed E-state index contributed by atoms with van der Waals surface area (Å²) >= 11 is 0. The summed E-state index contributed by atoms with van der Waals surface area (Å²) in [5.74, 6) is 1.35. The van der Waals surface area contributed by atoms with Gasteiger partial charge in [0.15, 0.2) is 5.17 Å². The summed E-state index contributed by atoms with van der Waals surface area (Å²) < 4.78 is 23.8. The van der Waals surface area contributed by atoms with Crippen LogP contribution in [0.5, 0.6) is 0 Å². The van der Waals surface area contributed by atoms with E-state index in [1.165, 1.54) is 0 Å². The zero-order chi connectivity index (χ0) is 17.3. The van der Waals surface area contributed by atoms with Gasteiger partial charge in [0.2, 0.25) is 0 Å². The van der Waals surface area contributed by atoms with Gasteiger partial charge >= 0.3 is 0 Å². The van der Waals surface area contributed by atoms with Crippen molar-refractivity contribution in [2.75, 3.05) is 26.5 Å². The molecule has 3 heterocycles. The number of amidine groups is 1. The molecule has 3 aliphatic heterocycles. The number of ether oxygens (including phenoxy) is 2. The summed E-state index contributed by atoms with van der Waals surface area (Å²) in [5, 5.41) is 10.8. The summed E-state index contributed by atoms with van der Waals surface area (Å²) in [6.07, 6.45) is 2.12. The van der Waals surface area contributed by atoms with E-state index in [1.807, 2.05) is 0 Å². The van der Waals surface area contributed by atoms with Gasteiger partial charge in [0, 0.05) is 32.6 Å². The van der Waals surface area contributed by atoms with Crippen LogP contribution >= 0.6 is 0 Å². The molecule has 0 aromatic carbocycles. The quantitative estimate of drug-likeness (QED) is 0.656. The molecule has 24 heavy (non-hydrogen) atoms. The van der Waals surface area contributed by atoms with Crippen LogP contribution in [0.4, 0.5) is 0 Å². The van der Waals surface area contributed by atoms with Gasteiger partial charge in [-0.05, 0) is 24.7 Å². The molecule has 3 aliphatic rings. The van der Waals surface area contributed by atoms with Gasteiger partial charge in [0.05, 0.1) is 22.9 Å². The van der Waals surface area contributed by atoms with E-state index in [4.69, 9.17) is 9.47 Å². The van der Waals surface area contributed by atoms with E-state index in [1.54, 1.807) is 14.2 Å². The Morgan fingerprint density at radius 1 is 1.25 bits per heavy atom. The molecule has 138 valence electrons. The molecule has 7 nitrogen and oxygen atoms in total. The number of methoxy groups -OCH3 is 2. The van der Waals surface area contributed by atoms with Crippen molar-refractivity contribution in [3.8, 4) is 0 Å². The molecule has 0 radical (unpaired) electrons. The average molecular weight is 359 g/mol. The van der Waals surface area contributed by atoms with Crippen LogP contribution in [0.2, 0.25) is 0 Å². The summed E-state index contributed by atoms with van der Waals surface area (Å²) in [5.41, 5.74) is 0. The van der Waals surface area contributed by atoms with Crippen molar-refractivity contribution >= 4 is 16.0 Å². The van der Waals surface area contributed by atoms with Crippen molar-refractivity contribution in [3.05, 3.63) is 0 Å². The summed E-state index contributed by atoms with van der Waals surface area (Å²) in [6, 6.07) is 0.401. The molecule has 8 atom stereocenters. The molecule has 0 bridgehead atoms. The second kappa shape index (κ2) is 7.78. The van der Waals surface area contributed by atoms with Crippen LogP contribution < -0.4 is 16.0 Å². The SMILES string of the molecule is COC1CCC2NC(S(=O)CC3NCC(C)C(OC)C3C)=NC2N1. The Labute approximate surface area is 146 Å². The molecular formula is C16H30N4O3S. The molecule has 0 saturated carbocycles. The first kappa shape index (κ1) is 18.3. The zero-order valence-corrected chi connectivity index (χ0v) is 15.8. The Bertz CT molecular complexity index is 504. The van der Waals surface area contributed by atoms with Crippen LogP contribution in [-0.2, 0) is 20.3 Å². The van der Waals surface area contributed by atoms with Gasteiger partial charge in [-0.3, -0.25) is 9.53 Å². The van der Waals surface area contributed by atoms with Gasteiger partial charge in [-0.2, -0.15) is 0 Å². The molecule has 0 amide bonds. The van der Waals surface area contributed by atoms with Crippen LogP contribution in [-0.4, -0.2) is 66.5 Å². The van der Waals surface area contributed by atoms with Crippen LogP contribution in [0, 0.1) is 11.8 Å². The van der Waals surface area contributed by atoms with Crippen molar-refractivity contribution in [1.29, 1.82) is 0 Å². The molecule has 8 heteroatoms. The predicted molar refractivity (Wildman–Crippen MR) is 95.2 cm³/mol. The minimum atomic E-state index is -1.13. The molecule has 0 aliphatic carbocycles. The molecule has 3 rings (SSSR count). The van der Waals surface area contributed by atoms with Crippen LogP contribution in [0.15, 0.2) is 4.99 Å². The summed E-state index contributed by atoms with van der Waals surface area (Å²) in [4.78, 5) is 4.61. The van der Waals surface area contributed by atoms with E-state index in [9.17, 15) is 4.21 Å². The van der Waals surface area contributed by atoms with E-state index in [2.05, 4.69) is 34.8 Å². The summed E-state index contributed by atoms with van der Waals surface area (Å²) in [6.45, 7) is 5.26. The fraction of sp³-hybridized carbons (Fsp3) is 0.938. The van der Waals surface area contributed by atoms with Crippen molar-refractivity contribution < 1.29 is 13.7 Å². The lowest BCUT2D eigenvalue weighted by molar-refractivity contribution is -0.0136. The lowest BCUT2D eigenvalue weighted by Crippen LogP contribution is -2.55. The molecule has 2 saturated heterocycles. The highest BCUT2D eigenvalue weighted by Crippen LogP contribution is 2.25. The van der Waals surface area contributed by atoms with Crippen molar-refractivity contribution in [1.82, 2.24) is 16.0 Å². The van der Waals surface area contributed by atoms with Gasteiger partial charge in [0.1, 0.15) is 12.4 Å². The average Bonchev–Trinajstić information content (AvgIpc) is 3.01. The molecule has 0 spiro atoms. The fourth-order valence-corrected chi connectivity index (χ4v) is 5.50. The molecule has 0 aromatic heterocycles. The van der Waals surface area contributed by atoms with Gasteiger partial charge in [0.25, 0.3) is 0 Å². The van der Waals surface area contributed by atoms with Gasteiger partial charge in [-0.15, -0.1) is 0 Å². The number of nitrogens with one attached hydrogen (secondary N) is 3. The van der Waals surface area contributed by atoms with Crippen LogP contribution in [0.3, 0.4) is 0 Å². The normalized spacial score (nSPS) is 43.7. The second-order valence-electron chi connectivity index (χ2n) is 7.16. The summed E-state index contributed by atoms with van der Waals surface area (Å²) in [7, 11) is 2.34. The lowest BCUT2D eigenvalue weighted by atomic mass is 9.84. The maximum Gasteiger partial charge on any atom is 0.189 e. The fourth-order valence-electron chi connectivity index (χ4n) is 4.08. The molecule has 2 fully saturated rings. The first-order valence-electron chi connectivity index (χ1n) is 8.81. The standard InChI is InChI=1S/C16H30N4O3S/c1-9-7-17-12(10(2)14(9)23-4)8-24(21)16-18-11-5-6-13(22-3)19-15(11)20-16/h9-15,17,19H,5-8H2,1-4H3,(H,18,20). The minimum absolute atomic E-state index is 0.0357. The first-order valence-corrected chi connectivity index (χ1v) is 10.1. The number of aliphatic imine (C=N–C) groups is 1. The number of hydrogen-bond donors (Lipinski definition) is 3. The van der Waals surface area contributed by atoms with Gasteiger partial charge in [-0.25, -0.2) is 4.99 Å². The third-order valence-electron chi connectivity index (χ3n) is 5.56. The highest BCUT2D eigenvalue weighted by molar-refractivity contribution is 8.00. The Morgan fingerprint density at radius 2 is 2.04 bits per heavy atom. The predicted octanol–water partition coefficient (Wildman–Crippen LogP) is 0.00390. The Kier molecular flexibility index (Phi) is 5.92. The van der Waals surface area contributed by atoms with Crippen LogP contribution in [0.1, 0.15) is 26.7 Å².